The smallest absolute Gasteiger partial charge is 0.141 e. The summed E-state index contributed by atoms with van der Waals surface area (Å²) in [6.07, 6.45) is 3.30. The molecule has 0 radical (unpaired) electrons. The van der Waals surface area contributed by atoms with E-state index < -0.39 is 6.10 Å². The summed E-state index contributed by atoms with van der Waals surface area (Å²) in [6.45, 7) is 0. The van der Waals surface area contributed by atoms with E-state index in [1.54, 1.807) is 12.3 Å². The molecule has 14 heavy (non-hydrogen) atoms. The number of aliphatic hydroxyl groups excluding tert-OH is 1. The number of aliphatic hydroxyl groups is 1. The van der Waals surface area contributed by atoms with Gasteiger partial charge in [-0.15, -0.1) is 0 Å². The monoisotopic (exact) mass is 251 g/mol. The van der Waals surface area contributed by atoms with Gasteiger partial charge in [-0.3, -0.25) is 0 Å². The normalized spacial score (nSPS) is 17.0. The quantitative estimate of drug-likeness (QED) is 0.614. The summed E-state index contributed by atoms with van der Waals surface area (Å²) in [6, 6.07) is 3.63. The molecular weight excluding hydrogens is 242 g/mol. The van der Waals surface area contributed by atoms with Crippen molar-refractivity contribution in [2.24, 2.45) is 5.92 Å². The molecule has 0 aromatic carbocycles. The maximum Gasteiger partial charge on any atom is 0.141 e. The summed E-state index contributed by atoms with van der Waals surface area (Å²) < 4.78 is 0.767. The van der Waals surface area contributed by atoms with E-state index in [1.165, 1.54) is 12.8 Å². The van der Waals surface area contributed by atoms with E-state index in [9.17, 15) is 5.11 Å². The lowest BCUT2D eigenvalue weighted by Gasteiger charge is -2.01. The van der Waals surface area contributed by atoms with Crippen molar-refractivity contribution < 1.29 is 5.11 Å². The first-order valence-corrected chi connectivity index (χ1v) is 5.35. The zero-order valence-electron chi connectivity index (χ0n) is 7.57. The lowest BCUT2D eigenvalue weighted by Crippen LogP contribution is -1.94. The standard InChI is InChI=1S/C11H10BrNO/c12-11-6-4-9(7-13-11)10(14)5-3-8-1-2-8/h4,6-8,10,14H,1-2H2. The maximum absolute atomic E-state index is 9.66. The molecule has 1 atom stereocenters. The topological polar surface area (TPSA) is 33.1 Å². The Morgan fingerprint density at radius 1 is 1.50 bits per heavy atom. The molecule has 0 amide bonds. The molecule has 1 unspecified atom stereocenters. The van der Waals surface area contributed by atoms with Crippen molar-refractivity contribution in [2.75, 3.05) is 0 Å². The van der Waals surface area contributed by atoms with E-state index in [2.05, 4.69) is 32.8 Å². The van der Waals surface area contributed by atoms with Crippen molar-refractivity contribution in [3.63, 3.8) is 0 Å². The van der Waals surface area contributed by atoms with Crippen molar-refractivity contribution in [1.29, 1.82) is 0 Å². The molecule has 0 bridgehead atoms. The zero-order chi connectivity index (χ0) is 9.97. The number of hydrogen-bond acceptors (Lipinski definition) is 2. The van der Waals surface area contributed by atoms with Gasteiger partial charge in [0.15, 0.2) is 0 Å². The number of aromatic nitrogens is 1. The number of pyridine rings is 1. The molecule has 1 heterocycles. The highest BCUT2D eigenvalue weighted by atomic mass is 79.9. The molecule has 3 heteroatoms. The average Bonchev–Trinajstić information content (AvgIpc) is 2.99. The van der Waals surface area contributed by atoms with Crippen molar-refractivity contribution >= 4 is 15.9 Å². The van der Waals surface area contributed by atoms with Crippen molar-refractivity contribution in [3.05, 3.63) is 28.5 Å². The SMILES string of the molecule is OC(C#CC1CC1)c1ccc(Br)nc1. The van der Waals surface area contributed by atoms with Crippen LogP contribution in [-0.2, 0) is 0 Å². The first kappa shape index (κ1) is 9.70. The van der Waals surface area contributed by atoms with E-state index >= 15 is 0 Å². The van der Waals surface area contributed by atoms with Crippen LogP contribution in [0.3, 0.4) is 0 Å². The molecule has 2 rings (SSSR count). The van der Waals surface area contributed by atoms with Crippen LogP contribution >= 0.6 is 15.9 Å². The highest BCUT2D eigenvalue weighted by Crippen LogP contribution is 2.28. The van der Waals surface area contributed by atoms with E-state index in [-0.39, 0.29) is 0 Å². The third-order valence-corrected chi connectivity index (χ3v) is 2.54. The minimum absolute atomic E-state index is 0.521. The van der Waals surface area contributed by atoms with E-state index in [0.717, 1.165) is 10.2 Å². The molecule has 1 saturated carbocycles. The minimum atomic E-state index is -0.698. The van der Waals surface area contributed by atoms with Gasteiger partial charge < -0.3 is 5.11 Å². The molecule has 2 nitrogen and oxygen atoms in total. The fourth-order valence-corrected chi connectivity index (χ4v) is 1.29. The number of nitrogens with zero attached hydrogens (tertiary/aromatic N) is 1. The van der Waals surface area contributed by atoms with Gasteiger partial charge in [0.2, 0.25) is 0 Å². The van der Waals surface area contributed by atoms with E-state index in [4.69, 9.17) is 0 Å². The van der Waals surface area contributed by atoms with Crippen LogP contribution in [0.1, 0.15) is 24.5 Å². The van der Waals surface area contributed by atoms with Gasteiger partial charge >= 0.3 is 0 Å². The maximum atomic E-state index is 9.66. The lowest BCUT2D eigenvalue weighted by atomic mass is 10.1. The van der Waals surface area contributed by atoms with Crippen LogP contribution in [0.5, 0.6) is 0 Å². The molecule has 72 valence electrons. The Morgan fingerprint density at radius 3 is 2.86 bits per heavy atom. The first-order chi connectivity index (χ1) is 6.75. The van der Waals surface area contributed by atoms with Gasteiger partial charge in [-0.2, -0.15) is 0 Å². The fraction of sp³-hybridized carbons (Fsp3) is 0.364. The van der Waals surface area contributed by atoms with Gasteiger partial charge in [0.05, 0.1) is 0 Å². The van der Waals surface area contributed by atoms with Crippen molar-refractivity contribution in [2.45, 2.75) is 18.9 Å². The molecule has 1 aliphatic carbocycles. The summed E-state index contributed by atoms with van der Waals surface area (Å²) in [5.74, 6) is 6.38. The Bertz CT molecular complexity index is 373. The molecule has 1 aromatic rings. The molecule has 0 saturated heterocycles. The Balaban J connectivity index is 2.07. The van der Waals surface area contributed by atoms with Crippen LogP contribution in [-0.4, -0.2) is 10.1 Å². The van der Waals surface area contributed by atoms with E-state index in [0.29, 0.717) is 5.92 Å². The van der Waals surface area contributed by atoms with Gasteiger partial charge in [-0.05, 0) is 34.8 Å². The van der Waals surface area contributed by atoms with Crippen LogP contribution in [0, 0.1) is 17.8 Å². The number of rotatable bonds is 1. The van der Waals surface area contributed by atoms with Crippen LogP contribution in [0.15, 0.2) is 22.9 Å². The van der Waals surface area contributed by atoms with Gasteiger partial charge in [0.25, 0.3) is 0 Å². The average molecular weight is 252 g/mol. The molecule has 1 aliphatic rings. The number of halogens is 1. The Hall–Kier alpha value is -0.850. The first-order valence-electron chi connectivity index (χ1n) is 4.56. The summed E-state index contributed by atoms with van der Waals surface area (Å²) in [4.78, 5) is 4.03. The molecular formula is C11H10BrNO. The van der Waals surface area contributed by atoms with Gasteiger partial charge in [-0.1, -0.05) is 17.9 Å². The third-order valence-electron chi connectivity index (χ3n) is 2.07. The summed E-state index contributed by atoms with van der Waals surface area (Å²) in [5, 5.41) is 9.66. The molecule has 1 fully saturated rings. The minimum Gasteiger partial charge on any atom is -0.376 e. The largest absolute Gasteiger partial charge is 0.376 e. The Kier molecular flexibility index (Phi) is 2.85. The predicted octanol–water partition coefficient (Wildman–Crippen LogP) is 2.29. The molecule has 1 N–H and O–H groups in total. The van der Waals surface area contributed by atoms with E-state index in [1.807, 2.05) is 6.07 Å². The van der Waals surface area contributed by atoms with Crippen LogP contribution in [0.25, 0.3) is 0 Å². The summed E-state index contributed by atoms with van der Waals surface area (Å²) in [5.41, 5.74) is 0.751. The molecule has 0 aliphatic heterocycles. The second kappa shape index (κ2) is 4.12. The molecule has 1 aromatic heterocycles. The highest BCUT2D eigenvalue weighted by Gasteiger charge is 2.18. The predicted molar refractivity (Wildman–Crippen MR) is 57.4 cm³/mol. The lowest BCUT2D eigenvalue weighted by molar-refractivity contribution is 0.238. The Morgan fingerprint density at radius 2 is 2.29 bits per heavy atom. The van der Waals surface area contributed by atoms with Crippen LogP contribution in [0.2, 0.25) is 0 Å². The summed E-state index contributed by atoms with van der Waals surface area (Å²) >= 11 is 3.24. The highest BCUT2D eigenvalue weighted by molar-refractivity contribution is 9.10. The van der Waals surface area contributed by atoms with Gasteiger partial charge in [-0.25, -0.2) is 4.98 Å². The molecule has 0 spiro atoms. The Labute approximate surface area is 91.5 Å². The van der Waals surface area contributed by atoms with Crippen molar-refractivity contribution in [1.82, 2.24) is 4.98 Å². The third kappa shape index (κ3) is 2.57. The number of hydrogen-bond donors (Lipinski definition) is 1. The zero-order valence-corrected chi connectivity index (χ0v) is 9.16. The van der Waals surface area contributed by atoms with Gasteiger partial charge in [0.1, 0.15) is 10.7 Å². The van der Waals surface area contributed by atoms with Crippen LogP contribution < -0.4 is 0 Å². The van der Waals surface area contributed by atoms with Crippen LogP contribution in [0.4, 0.5) is 0 Å². The summed E-state index contributed by atoms with van der Waals surface area (Å²) in [7, 11) is 0. The van der Waals surface area contributed by atoms with Crippen molar-refractivity contribution in [3.8, 4) is 11.8 Å². The van der Waals surface area contributed by atoms with Gasteiger partial charge in [0, 0.05) is 17.7 Å². The fourth-order valence-electron chi connectivity index (χ4n) is 1.06. The second-order valence-electron chi connectivity index (χ2n) is 3.38. The second-order valence-corrected chi connectivity index (χ2v) is 4.19.